The molecule has 2 aromatic heterocycles. The molecule has 1 saturated heterocycles. The topological polar surface area (TPSA) is 39.0 Å². The van der Waals surface area contributed by atoms with Crippen LogP contribution < -0.4 is 4.74 Å². The standard InChI is InChI=1S/C15H21N3O2/c1-2-7-18-14(5-1)13-15(16-18)20-10-4-3-6-17-8-11-19-12-9-17/h1-2,5,7,13H,3-4,6,8-12H2. The molecule has 1 fully saturated rings. The van der Waals surface area contributed by atoms with Gasteiger partial charge in [-0.25, -0.2) is 4.52 Å². The van der Waals surface area contributed by atoms with Crippen molar-refractivity contribution in [2.24, 2.45) is 0 Å². The second-order valence-electron chi connectivity index (χ2n) is 5.06. The molecule has 1 aliphatic heterocycles. The molecule has 1 aliphatic rings. The predicted octanol–water partition coefficient (Wildman–Crippen LogP) is 1.83. The Morgan fingerprint density at radius 1 is 1.20 bits per heavy atom. The van der Waals surface area contributed by atoms with E-state index in [9.17, 15) is 0 Å². The van der Waals surface area contributed by atoms with Crippen LogP contribution in [0.5, 0.6) is 5.88 Å². The Hall–Kier alpha value is -1.59. The van der Waals surface area contributed by atoms with Crippen LogP contribution in [0, 0.1) is 0 Å². The average molecular weight is 275 g/mol. The highest BCUT2D eigenvalue weighted by atomic mass is 16.5. The first-order valence-electron chi connectivity index (χ1n) is 7.29. The molecule has 5 heteroatoms. The Balaban J connectivity index is 1.37. The van der Waals surface area contributed by atoms with Crippen molar-refractivity contribution in [3.05, 3.63) is 30.5 Å². The van der Waals surface area contributed by atoms with Crippen molar-refractivity contribution in [2.75, 3.05) is 39.5 Å². The van der Waals surface area contributed by atoms with Crippen LogP contribution in [0.1, 0.15) is 12.8 Å². The van der Waals surface area contributed by atoms with E-state index in [1.807, 2.05) is 35.0 Å². The summed E-state index contributed by atoms with van der Waals surface area (Å²) in [4.78, 5) is 2.45. The summed E-state index contributed by atoms with van der Waals surface area (Å²) in [6.45, 7) is 5.74. The molecule has 0 radical (unpaired) electrons. The fraction of sp³-hybridized carbons (Fsp3) is 0.533. The summed E-state index contributed by atoms with van der Waals surface area (Å²) in [5, 5.41) is 4.37. The molecule has 0 amide bonds. The van der Waals surface area contributed by atoms with Gasteiger partial charge in [-0.2, -0.15) is 0 Å². The van der Waals surface area contributed by atoms with Crippen LogP contribution in [0.3, 0.4) is 0 Å². The zero-order valence-corrected chi connectivity index (χ0v) is 11.7. The summed E-state index contributed by atoms with van der Waals surface area (Å²) in [7, 11) is 0. The highest BCUT2D eigenvalue weighted by Crippen LogP contribution is 2.12. The van der Waals surface area contributed by atoms with Gasteiger partial charge < -0.3 is 9.47 Å². The number of nitrogens with zero attached hydrogens (tertiary/aromatic N) is 3. The molecule has 0 N–H and O–H groups in total. The summed E-state index contributed by atoms with van der Waals surface area (Å²) < 4.78 is 12.9. The van der Waals surface area contributed by atoms with E-state index in [2.05, 4.69) is 10.00 Å². The SMILES string of the molecule is c1ccn2nc(OCCCCN3CCOCC3)cc2c1. The van der Waals surface area contributed by atoms with Crippen molar-refractivity contribution in [2.45, 2.75) is 12.8 Å². The Bertz CT molecular complexity index is 502. The van der Waals surface area contributed by atoms with E-state index < -0.39 is 0 Å². The number of hydrogen-bond acceptors (Lipinski definition) is 4. The van der Waals surface area contributed by atoms with E-state index in [-0.39, 0.29) is 0 Å². The third-order valence-corrected chi connectivity index (χ3v) is 3.57. The van der Waals surface area contributed by atoms with Gasteiger partial charge in [0.05, 0.1) is 25.3 Å². The number of ether oxygens (including phenoxy) is 2. The van der Waals surface area contributed by atoms with Crippen LogP contribution in [-0.2, 0) is 4.74 Å². The van der Waals surface area contributed by atoms with E-state index >= 15 is 0 Å². The lowest BCUT2D eigenvalue weighted by molar-refractivity contribution is 0.0367. The lowest BCUT2D eigenvalue weighted by Crippen LogP contribution is -2.36. The van der Waals surface area contributed by atoms with Gasteiger partial charge in [0.1, 0.15) is 0 Å². The first kappa shape index (κ1) is 13.4. The van der Waals surface area contributed by atoms with Crippen molar-refractivity contribution >= 4 is 5.52 Å². The maximum atomic E-state index is 5.71. The highest BCUT2D eigenvalue weighted by molar-refractivity contribution is 5.48. The summed E-state index contributed by atoms with van der Waals surface area (Å²) in [6.07, 6.45) is 4.15. The van der Waals surface area contributed by atoms with E-state index in [1.165, 1.54) is 0 Å². The molecule has 3 rings (SSSR count). The van der Waals surface area contributed by atoms with Crippen LogP contribution in [0.2, 0.25) is 0 Å². The molecule has 3 heterocycles. The van der Waals surface area contributed by atoms with Gasteiger partial charge in [-0.05, 0) is 31.5 Å². The minimum atomic E-state index is 0.711. The van der Waals surface area contributed by atoms with E-state index in [0.717, 1.165) is 57.8 Å². The Kier molecular flexibility index (Phi) is 4.50. The molecule has 5 nitrogen and oxygen atoms in total. The van der Waals surface area contributed by atoms with Crippen molar-refractivity contribution in [1.82, 2.24) is 14.5 Å². The molecule has 0 atom stereocenters. The smallest absolute Gasteiger partial charge is 0.233 e. The molecule has 108 valence electrons. The number of rotatable bonds is 6. The molecule has 0 bridgehead atoms. The van der Waals surface area contributed by atoms with Crippen molar-refractivity contribution < 1.29 is 9.47 Å². The van der Waals surface area contributed by atoms with Gasteiger partial charge in [0.15, 0.2) is 0 Å². The van der Waals surface area contributed by atoms with Crippen LogP contribution in [0.4, 0.5) is 0 Å². The fourth-order valence-electron chi connectivity index (χ4n) is 2.42. The van der Waals surface area contributed by atoms with Gasteiger partial charge in [0, 0.05) is 25.4 Å². The number of aromatic nitrogens is 2. The van der Waals surface area contributed by atoms with Gasteiger partial charge in [0.2, 0.25) is 5.88 Å². The average Bonchev–Trinajstić information content (AvgIpc) is 2.90. The molecule has 0 aliphatic carbocycles. The molecule has 20 heavy (non-hydrogen) atoms. The van der Waals surface area contributed by atoms with Crippen molar-refractivity contribution in [3.63, 3.8) is 0 Å². The zero-order valence-electron chi connectivity index (χ0n) is 11.7. The fourth-order valence-corrected chi connectivity index (χ4v) is 2.42. The summed E-state index contributed by atoms with van der Waals surface area (Å²) in [5.74, 6) is 0.711. The quantitative estimate of drug-likeness (QED) is 0.754. The number of hydrogen-bond donors (Lipinski definition) is 0. The minimum absolute atomic E-state index is 0.711. The lowest BCUT2D eigenvalue weighted by atomic mass is 10.3. The predicted molar refractivity (Wildman–Crippen MR) is 77.2 cm³/mol. The van der Waals surface area contributed by atoms with Gasteiger partial charge >= 0.3 is 0 Å². The largest absolute Gasteiger partial charge is 0.477 e. The number of fused-ring (bicyclic) bond motifs is 1. The first-order valence-corrected chi connectivity index (χ1v) is 7.29. The van der Waals surface area contributed by atoms with E-state index in [1.54, 1.807) is 0 Å². The normalized spacial score (nSPS) is 16.6. The highest BCUT2D eigenvalue weighted by Gasteiger charge is 2.09. The Labute approximate surface area is 119 Å². The third kappa shape index (κ3) is 3.49. The maximum absolute atomic E-state index is 5.71. The summed E-state index contributed by atoms with van der Waals surface area (Å²) in [6, 6.07) is 7.97. The second kappa shape index (κ2) is 6.72. The van der Waals surface area contributed by atoms with Gasteiger partial charge in [-0.3, -0.25) is 4.90 Å². The van der Waals surface area contributed by atoms with Crippen LogP contribution in [-0.4, -0.2) is 54.0 Å². The maximum Gasteiger partial charge on any atom is 0.233 e. The second-order valence-corrected chi connectivity index (χ2v) is 5.06. The molecule has 0 aromatic carbocycles. The van der Waals surface area contributed by atoms with Gasteiger partial charge in [-0.1, -0.05) is 6.07 Å². The summed E-state index contributed by atoms with van der Waals surface area (Å²) >= 11 is 0. The third-order valence-electron chi connectivity index (χ3n) is 3.57. The molecule has 0 unspecified atom stereocenters. The Morgan fingerprint density at radius 2 is 2.10 bits per heavy atom. The Morgan fingerprint density at radius 3 is 2.95 bits per heavy atom. The first-order chi connectivity index (χ1) is 9.92. The van der Waals surface area contributed by atoms with Crippen molar-refractivity contribution in [1.29, 1.82) is 0 Å². The number of morpholine rings is 1. The number of unbranched alkanes of at least 4 members (excludes halogenated alkanes) is 1. The van der Waals surface area contributed by atoms with Crippen LogP contribution in [0.25, 0.3) is 5.52 Å². The van der Waals surface area contributed by atoms with Crippen LogP contribution >= 0.6 is 0 Å². The monoisotopic (exact) mass is 275 g/mol. The molecular weight excluding hydrogens is 254 g/mol. The van der Waals surface area contributed by atoms with E-state index in [4.69, 9.17) is 9.47 Å². The zero-order chi connectivity index (χ0) is 13.6. The summed E-state index contributed by atoms with van der Waals surface area (Å²) in [5.41, 5.74) is 1.07. The van der Waals surface area contributed by atoms with Gasteiger partial charge in [0.25, 0.3) is 0 Å². The minimum Gasteiger partial charge on any atom is -0.477 e. The number of pyridine rings is 1. The molecular formula is C15H21N3O2. The van der Waals surface area contributed by atoms with Gasteiger partial charge in [-0.15, -0.1) is 5.10 Å². The molecule has 2 aromatic rings. The molecule has 0 spiro atoms. The van der Waals surface area contributed by atoms with E-state index in [0.29, 0.717) is 5.88 Å². The molecule has 0 saturated carbocycles. The van der Waals surface area contributed by atoms with Crippen LogP contribution in [0.15, 0.2) is 30.5 Å². The van der Waals surface area contributed by atoms with Crippen molar-refractivity contribution in [3.8, 4) is 5.88 Å². The lowest BCUT2D eigenvalue weighted by Gasteiger charge is -2.26.